The first-order valence-corrected chi connectivity index (χ1v) is 7.51. The smallest absolute Gasteiger partial charge is 0.261 e. The average Bonchev–Trinajstić information content (AvgIpc) is 2.89. The molecule has 0 fully saturated rings. The van der Waals surface area contributed by atoms with Crippen LogP contribution in [0.25, 0.3) is 0 Å². The van der Waals surface area contributed by atoms with E-state index >= 15 is 0 Å². The second-order valence-electron chi connectivity index (χ2n) is 4.28. The lowest BCUT2D eigenvalue weighted by Crippen LogP contribution is -2.13. The van der Waals surface area contributed by atoms with Crippen LogP contribution >= 0.6 is 22.9 Å². The summed E-state index contributed by atoms with van der Waals surface area (Å²) in [5.74, 6) is -0.0133. The van der Waals surface area contributed by atoms with Gasteiger partial charge in [0, 0.05) is 12.5 Å². The normalized spacial score (nSPS) is 10.4. The molecule has 1 amide bonds. The second kappa shape index (κ2) is 6.73. The summed E-state index contributed by atoms with van der Waals surface area (Å²) in [7, 11) is 1.46. The van der Waals surface area contributed by atoms with E-state index in [0.29, 0.717) is 27.2 Å². The fourth-order valence-electron chi connectivity index (χ4n) is 1.70. The van der Waals surface area contributed by atoms with E-state index < -0.39 is 0 Å². The number of ether oxygens (including phenoxy) is 1. The molecule has 0 spiro atoms. The van der Waals surface area contributed by atoms with Gasteiger partial charge in [-0.1, -0.05) is 29.9 Å². The molecule has 0 saturated heterocycles. The van der Waals surface area contributed by atoms with Gasteiger partial charge in [0.25, 0.3) is 5.91 Å². The summed E-state index contributed by atoms with van der Waals surface area (Å²) >= 11 is 7.30. The summed E-state index contributed by atoms with van der Waals surface area (Å²) in [4.78, 5) is 12.3. The highest BCUT2D eigenvalue weighted by atomic mass is 35.5. The molecule has 0 saturated carbocycles. The SMILES string of the molecule is CCCc1nnc(NC(=O)c2cc(Cl)c(N)cc2OC)s1. The minimum absolute atomic E-state index is 0.295. The van der Waals surface area contributed by atoms with Gasteiger partial charge in [0.05, 0.1) is 23.4 Å². The Balaban J connectivity index is 2.21. The Morgan fingerprint density at radius 1 is 1.48 bits per heavy atom. The molecule has 1 aromatic carbocycles. The lowest BCUT2D eigenvalue weighted by atomic mass is 10.1. The van der Waals surface area contributed by atoms with Crippen molar-refractivity contribution in [2.24, 2.45) is 0 Å². The van der Waals surface area contributed by atoms with Gasteiger partial charge >= 0.3 is 0 Å². The summed E-state index contributed by atoms with van der Waals surface area (Å²) < 4.78 is 5.15. The lowest BCUT2D eigenvalue weighted by Gasteiger charge is -2.09. The number of methoxy groups -OCH3 is 1. The molecule has 112 valence electrons. The fraction of sp³-hybridized carbons (Fsp3) is 0.308. The second-order valence-corrected chi connectivity index (χ2v) is 5.75. The molecule has 21 heavy (non-hydrogen) atoms. The first-order chi connectivity index (χ1) is 10.0. The van der Waals surface area contributed by atoms with Crippen LogP contribution in [0.15, 0.2) is 12.1 Å². The zero-order chi connectivity index (χ0) is 15.4. The number of carbonyl (C=O) groups is 1. The van der Waals surface area contributed by atoms with Crippen LogP contribution in [0, 0.1) is 0 Å². The predicted octanol–water partition coefficient (Wildman–Crippen LogP) is 2.99. The molecule has 8 heteroatoms. The number of rotatable bonds is 5. The number of halogens is 1. The third-order valence-electron chi connectivity index (χ3n) is 2.71. The Hall–Kier alpha value is -1.86. The van der Waals surface area contributed by atoms with Gasteiger partial charge in [-0.25, -0.2) is 0 Å². The number of hydrogen-bond acceptors (Lipinski definition) is 6. The van der Waals surface area contributed by atoms with Crippen LogP contribution in [0.4, 0.5) is 10.8 Å². The minimum Gasteiger partial charge on any atom is -0.496 e. The molecule has 2 aromatic rings. The van der Waals surface area contributed by atoms with Crippen molar-refractivity contribution in [2.75, 3.05) is 18.2 Å². The van der Waals surface area contributed by atoms with Gasteiger partial charge in [0.1, 0.15) is 10.8 Å². The molecular weight excluding hydrogens is 312 g/mol. The summed E-state index contributed by atoms with van der Waals surface area (Å²) in [6.07, 6.45) is 1.81. The van der Waals surface area contributed by atoms with Gasteiger partial charge in [-0.3, -0.25) is 10.1 Å². The highest BCUT2D eigenvalue weighted by Crippen LogP contribution is 2.29. The van der Waals surface area contributed by atoms with Crippen molar-refractivity contribution in [3.63, 3.8) is 0 Å². The maximum absolute atomic E-state index is 12.3. The average molecular weight is 327 g/mol. The van der Waals surface area contributed by atoms with Crippen LogP contribution in [-0.4, -0.2) is 23.2 Å². The molecule has 6 nitrogen and oxygen atoms in total. The highest BCUT2D eigenvalue weighted by Gasteiger charge is 2.16. The van der Waals surface area contributed by atoms with Crippen LogP contribution < -0.4 is 15.8 Å². The summed E-state index contributed by atoms with van der Waals surface area (Å²) in [6.45, 7) is 2.06. The summed E-state index contributed by atoms with van der Waals surface area (Å²) in [5.41, 5.74) is 6.34. The molecule has 1 heterocycles. The Labute approximate surface area is 131 Å². The van der Waals surface area contributed by atoms with Crippen molar-refractivity contribution in [1.82, 2.24) is 10.2 Å². The van der Waals surface area contributed by atoms with E-state index in [1.807, 2.05) is 0 Å². The number of nitrogens with two attached hydrogens (primary N) is 1. The number of nitrogens with zero attached hydrogens (tertiary/aromatic N) is 2. The minimum atomic E-state index is -0.368. The third-order valence-corrected chi connectivity index (χ3v) is 3.94. The van der Waals surface area contributed by atoms with Crippen molar-refractivity contribution in [2.45, 2.75) is 19.8 Å². The molecule has 2 rings (SSSR count). The van der Waals surface area contributed by atoms with Gasteiger partial charge in [-0.05, 0) is 12.5 Å². The Kier molecular flexibility index (Phi) is 4.98. The predicted molar refractivity (Wildman–Crippen MR) is 84.3 cm³/mol. The van der Waals surface area contributed by atoms with Crippen LogP contribution in [0.5, 0.6) is 5.75 Å². The van der Waals surface area contributed by atoms with Crippen molar-refractivity contribution in [3.8, 4) is 5.75 Å². The summed E-state index contributed by atoms with van der Waals surface area (Å²) in [5, 5.41) is 12.2. The lowest BCUT2D eigenvalue weighted by molar-refractivity contribution is 0.102. The van der Waals surface area contributed by atoms with Crippen molar-refractivity contribution >= 4 is 39.7 Å². The van der Waals surface area contributed by atoms with E-state index in [9.17, 15) is 4.79 Å². The highest BCUT2D eigenvalue weighted by molar-refractivity contribution is 7.15. The standard InChI is InChI=1S/C13H15ClN4O2S/c1-3-4-11-17-18-13(21-11)16-12(19)7-5-8(14)9(15)6-10(7)20-2/h5-6H,3-4,15H2,1-2H3,(H,16,18,19). The van der Waals surface area contributed by atoms with Crippen molar-refractivity contribution in [3.05, 3.63) is 27.7 Å². The number of anilines is 2. The van der Waals surface area contributed by atoms with E-state index in [0.717, 1.165) is 17.8 Å². The van der Waals surface area contributed by atoms with Crippen molar-refractivity contribution in [1.29, 1.82) is 0 Å². The van der Waals surface area contributed by atoms with Crippen LogP contribution in [0.3, 0.4) is 0 Å². The van der Waals surface area contributed by atoms with Gasteiger partial charge in [-0.2, -0.15) is 0 Å². The molecule has 3 N–H and O–H groups in total. The number of hydrogen-bond donors (Lipinski definition) is 2. The van der Waals surface area contributed by atoms with E-state index in [2.05, 4.69) is 22.4 Å². The van der Waals surface area contributed by atoms with Gasteiger partial charge in [-0.15, -0.1) is 10.2 Å². The largest absolute Gasteiger partial charge is 0.496 e. The maximum Gasteiger partial charge on any atom is 0.261 e. The van der Waals surface area contributed by atoms with Crippen LogP contribution in [0.2, 0.25) is 5.02 Å². The molecule has 0 aliphatic heterocycles. The first kappa shape index (κ1) is 15.5. The van der Waals surface area contributed by atoms with Crippen molar-refractivity contribution < 1.29 is 9.53 Å². The monoisotopic (exact) mass is 326 g/mol. The molecule has 0 unspecified atom stereocenters. The Morgan fingerprint density at radius 2 is 2.24 bits per heavy atom. The van der Waals surface area contributed by atoms with Gasteiger partial charge in [0.15, 0.2) is 0 Å². The van der Waals surface area contributed by atoms with E-state index in [1.54, 1.807) is 0 Å². The van der Waals surface area contributed by atoms with E-state index in [4.69, 9.17) is 22.1 Å². The van der Waals surface area contributed by atoms with Gasteiger partial charge in [0.2, 0.25) is 5.13 Å². The number of nitrogen functional groups attached to an aromatic ring is 1. The topological polar surface area (TPSA) is 90.1 Å². The van der Waals surface area contributed by atoms with E-state index in [-0.39, 0.29) is 5.91 Å². The molecule has 0 radical (unpaired) electrons. The third kappa shape index (κ3) is 3.62. The summed E-state index contributed by atoms with van der Waals surface area (Å²) in [6, 6.07) is 2.99. The van der Waals surface area contributed by atoms with Crippen LogP contribution in [-0.2, 0) is 6.42 Å². The zero-order valence-corrected chi connectivity index (χ0v) is 13.2. The molecular formula is C13H15ClN4O2S. The molecule has 0 aliphatic carbocycles. The van der Waals surface area contributed by atoms with Gasteiger partial charge < -0.3 is 10.5 Å². The first-order valence-electron chi connectivity index (χ1n) is 6.31. The number of amides is 1. The molecule has 0 bridgehead atoms. The van der Waals surface area contributed by atoms with E-state index in [1.165, 1.54) is 30.6 Å². The van der Waals surface area contributed by atoms with Crippen LogP contribution in [0.1, 0.15) is 28.7 Å². The number of benzene rings is 1. The Morgan fingerprint density at radius 3 is 2.90 bits per heavy atom. The number of carbonyl (C=O) groups excluding carboxylic acids is 1. The molecule has 0 atom stereocenters. The number of aromatic nitrogens is 2. The molecule has 0 aliphatic rings. The fourth-order valence-corrected chi connectivity index (χ4v) is 2.70. The molecule has 1 aromatic heterocycles. The zero-order valence-electron chi connectivity index (χ0n) is 11.6. The Bertz CT molecular complexity index is 660. The maximum atomic E-state index is 12.3. The number of aryl methyl sites for hydroxylation is 1. The number of nitrogens with one attached hydrogen (secondary N) is 1. The quantitative estimate of drug-likeness (QED) is 0.824.